The van der Waals surface area contributed by atoms with Gasteiger partial charge in [-0.05, 0) is 11.1 Å². The number of amides is 1. The lowest BCUT2D eigenvalue weighted by Crippen LogP contribution is -2.28. The van der Waals surface area contributed by atoms with E-state index in [0.717, 1.165) is 11.1 Å². The minimum absolute atomic E-state index is 0.104. The van der Waals surface area contributed by atoms with Crippen LogP contribution in [-0.2, 0) is 9.36 Å². The third kappa shape index (κ3) is 5.82. The van der Waals surface area contributed by atoms with Crippen molar-refractivity contribution in [3.63, 3.8) is 0 Å². The fourth-order valence-corrected chi connectivity index (χ4v) is 2.03. The molecule has 0 aromatic heterocycles. The number of likely N-dealkylation sites (N-methyl/N-ethyl adjacent to an activating group) is 1. The molecule has 0 aliphatic heterocycles. The summed E-state index contributed by atoms with van der Waals surface area (Å²) in [6, 6.07) is 19.8. The molecule has 5 nitrogen and oxygen atoms in total. The Morgan fingerprint density at radius 3 is 1.50 bits per heavy atom. The molecule has 118 valence electrons. The van der Waals surface area contributed by atoms with E-state index in [9.17, 15) is 4.79 Å². The summed E-state index contributed by atoms with van der Waals surface area (Å²) in [5, 5.41) is 0. The summed E-state index contributed by atoms with van der Waals surface area (Å²) in [6.07, 6.45) is 0. The van der Waals surface area contributed by atoms with Gasteiger partial charge in [-0.1, -0.05) is 60.7 Å². The fraction of sp³-hybridized carbons (Fsp3) is 0.188. The lowest BCUT2D eigenvalue weighted by molar-refractivity contribution is -0.129. The molecule has 0 spiro atoms. The Morgan fingerprint density at radius 1 is 0.909 bits per heavy atom. The van der Waals surface area contributed by atoms with E-state index in [1.165, 1.54) is 0 Å². The maximum absolute atomic E-state index is 12.4. The van der Waals surface area contributed by atoms with E-state index in [1.807, 2.05) is 60.7 Å². The molecular formula is C16H20NO4P. The first-order valence-electron chi connectivity index (χ1n) is 6.66. The summed E-state index contributed by atoms with van der Waals surface area (Å²) >= 11 is 0. The largest absolute Gasteiger partial charge is 0.348 e. The molecule has 0 radical (unpaired) electrons. The maximum atomic E-state index is 12.4. The third-order valence-corrected chi connectivity index (χ3v) is 2.95. The van der Waals surface area contributed by atoms with Crippen molar-refractivity contribution in [3.8, 4) is 0 Å². The highest BCUT2D eigenvalue weighted by Crippen LogP contribution is 2.25. The van der Waals surface area contributed by atoms with Crippen LogP contribution >= 0.6 is 8.25 Å². The highest BCUT2D eigenvalue weighted by Gasteiger charge is 2.23. The van der Waals surface area contributed by atoms with Gasteiger partial charge in [0.1, 0.15) is 0 Å². The molecular weight excluding hydrogens is 301 g/mol. The lowest BCUT2D eigenvalue weighted by Gasteiger charge is -2.21. The first-order valence-corrected chi connectivity index (χ1v) is 7.96. The second-order valence-electron chi connectivity index (χ2n) is 4.77. The number of nitrogens with zero attached hydrogens (tertiary/aromatic N) is 1. The maximum Gasteiger partial charge on any atom is 0.314 e. The number of hydrogen-bond acceptors (Lipinski definition) is 2. The molecule has 22 heavy (non-hydrogen) atoms. The van der Waals surface area contributed by atoms with E-state index in [4.69, 9.17) is 14.4 Å². The van der Waals surface area contributed by atoms with Gasteiger partial charge in [0, 0.05) is 14.1 Å². The second-order valence-corrected chi connectivity index (χ2v) is 5.33. The minimum atomic E-state index is -3.13. The fourth-order valence-electron chi connectivity index (χ4n) is 2.03. The number of carbonyl (C=O) groups excluding carboxylic acids is 1. The number of hydrogen-bond donors (Lipinski definition) is 2. The Bertz CT molecular complexity index is 559. The number of benzene rings is 2. The summed E-state index contributed by atoms with van der Waals surface area (Å²) in [5.74, 6) is -0.116. The standard InChI is InChI=1S/C16H17NO.H3O3P/c1-17(2)16(18)15(13-9-5-3-6-10-13)14-11-7-4-8-12-14;1-4(2)3/h3-12,15H,1-2H3;4H,(H2,1,2,3). The van der Waals surface area contributed by atoms with Gasteiger partial charge in [-0.3, -0.25) is 9.36 Å². The van der Waals surface area contributed by atoms with Gasteiger partial charge in [-0.15, -0.1) is 0 Å². The Kier molecular flexibility index (Phi) is 7.54. The Hall–Kier alpha value is -1.94. The summed E-state index contributed by atoms with van der Waals surface area (Å²) in [4.78, 5) is 28.3. The molecule has 2 aromatic rings. The zero-order valence-corrected chi connectivity index (χ0v) is 13.5. The molecule has 6 heteroatoms. The molecule has 0 heterocycles. The van der Waals surface area contributed by atoms with Crippen molar-refractivity contribution in [1.82, 2.24) is 4.90 Å². The van der Waals surface area contributed by atoms with Crippen LogP contribution in [0.2, 0.25) is 0 Å². The van der Waals surface area contributed by atoms with Crippen molar-refractivity contribution in [2.45, 2.75) is 5.92 Å². The average Bonchev–Trinajstić information content (AvgIpc) is 2.49. The van der Waals surface area contributed by atoms with Crippen LogP contribution in [0.4, 0.5) is 0 Å². The molecule has 2 aromatic carbocycles. The van der Waals surface area contributed by atoms with Gasteiger partial charge in [0.05, 0.1) is 5.92 Å². The van der Waals surface area contributed by atoms with Crippen LogP contribution in [0.3, 0.4) is 0 Å². The Morgan fingerprint density at radius 2 is 1.23 bits per heavy atom. The van der Waals surface area contributed by atoms with E-state index in [0.29, 0.717) is 0 Å². The molecule has 0 saturated heterocycles. The van der Waals surface area contributed by atoms with Crippen molar-refractivity contribution in [2.75, 3.05) is 14.1 Å². The number of rotatable bonds is 3. The van der Waals surface area contributed by atoms with Gasteiger partial charge in [0.15, 0.2) is 0 Å². The summed E-state index contributed by atoms with van der Waals surface area (Å²) in [7, 11) is 0.456. The van der Waals surface area contributed by atoms with Crippen LogP contribution in [0.25, 0.3) is 0 Å². The summed E-state index contributed by atoms with van der Waals surface area (Å²) in [5.41, 5.74) is 2.06. The molecule has 2 N–H and O–H groups in total. The lowest BCUT2D eigenvalue weighted by atomic mass is 9.90. The SMILES string of the molecule is CN(C)C(=O)C(c1ccccc1)c1ccccc1.O=[PH](O)O. The Labute approximate surface area is 130 Å². The van der Waals surface area contributed by atoms with Crippen LogP contribution in [0.5, 0.6) is 0 Å². The first-order chi connectivity index (χ1) is 10.4. The van der Waals surface area contributed by atoms with Gasteiger partial charge in [0.2, 0.25) is 5.91 Å². The summed E-state index contributed by atoms with van der Waals surface area (Å²) < 4.78 is 8.74. The van der Waals surface area contributed by atoms with Crippen molar-refractivity contribution in [3.05, 3.63) is 71.8 Å². The van der Waals surface area contributed by atoms with Crippen molar-refractivity contribution < 1.29 is 19.1 Å². The van der Waals surface area contributed by atoms with Crippen LogP contribution in [0, 0.1) is 0 Å². The van der Waals surface area contributed by atoms with Gasteiger partial charge < -0.3 is 14.7 Å². The van der Waals surface area contributed by atoms with E-state index in [-0.39, 0.29) is 11.8 Å². The third-order valence-electron chi connectivity index (χ3n) is 2.95. The molecule has 0 aliphatic rings. The van der Waals surface area contributed by atoms with Crippen LogP contribution < -0.4 is 0 Å². The van der Waals surface area contributed by atoms with Gasteiger partial charge in [0.25, 0.3) is 0 Å². The van der Waals surface area contributed by atoms with Gasteiger partial charge >= 0.3 is 8.25 Å². The van der Waals surface area contributed by atoms with Crippen LogP contribution in [0.15, 0.2) is 60.7 Å². The molecule has 0 aliphatic carbocycles. The minimum Gasteiger partial charge on any atom is -0.348 e. The molecule has 0 saturated carbocycles. The van der Waals surface area contributed by atoms with Crippen molar-refractivity contribution in [2.24, 2.45) is 0 Å². The summed E-state index contributed by atoms with van der Waals surface area (Å²) in [6.45, 7) is 0. The van der Waals surface area contributed by atoms with E-state index in [1.54, 1.807) is 19.0 Å². The zero-order chi connectivity index (χ0) is 16.5. The zero-order valence-electron chi connectivity index (χ0n) is 12.5. The van der Waals surface area contributed by atoms with E-state index >= 15 is 0 Å². The van der Waals surface area contributed by atoms with Crippen LogP contribution in [-0.4, -0.2) is 34.7 Å². The van der Waals surface area contributed by atoms with E-state index < -0.39 is 8.25 Å². The topological polar surface area (TPSA) is 77.8 Å². The first kappa shape index (κ1) is 18.1. The molecule has 0 fully saturated rings. The molecule has 0 bridgehead atoms. The highest BCUT2D eigenvalue weighted by molar-refractivity contribution is 7.30. The second kappa shape index (κ2) is 9.15. The van der Waals surface area contributed by atoms with Gasteiger partial charge in [-0.2, -0.15) is 0 Å². The molecule has 1 amide bonds. The normalized spacial score (nSPS) is 10.1. The van der Waals surface area contributed by atoms with Crippen LogP contribution in [0.1, 0.15) is 17.0 Å². The predicted molar refractivity (Wildman–Crippen MR) is 86.9 cm³/mol. The smallest absolute Gasteiger partial charge is 0.314 e. The number of carbonyl (C=O) groups is 1. The Balaban J connectivity index is 0.000000541. The molecule has 0 atom stereocenters. The molecule has 2 rings (SSSR count). The average molecular weight is 321 g/mol. The van der Waals surface area contributed by atoms with Crippen molar-refractivity contribution in [1.29, 1.82) is 0 Å². The predicted octanol–water partition coefficient (Wildman–Crippen LogP) is 2.27. The van der Waals surface area contributed by atoms with Gasteiger partial charge in [-0.25, -0.2) is 0 Å². The monoisotopic (exact) mass is 321 g/mol. The van der Waals surface area contributed by atoms with Crippen molar-refractivity contribution >= 4 is 14.2 Å². The highest BCUT2D eigenvalue weighted by atomic mass is 31.1. The van der Waals surface area contributed by atoms with E-state index in [2.05, 4.69) is 0 Å². The quantitative estimate of drug-likeness (QED) is 0.850. The molecule has 0 unspecified atom stereocenters.